The van der Waals surface area contributed by atoms with Crippen LogP contribution in [0, 0.1) is 11.6 Å². The summed E-state index contributed by atoms with van der Waals surface area (Å²) in [4.78, 5) is 22.7. The maximum absolute atomic E-state index is 13.8. The van der Waals surface area contributed by atoms with Crippen molar-refractivity contribution in [3.8, 4) is 0 Å². The molecule has 1 fully saturated rings. The van der Waals surface area contributed by atoms with E-state index >= 15 is 0 Å². The van der Waals surface area contributed by atoms with Gasteiger partial charge in [-0.15, -0.1) is 11.3 Å². The number of rotatable bonds is 5. The number of nitrogens with zero attached hydrogens (tertiary/aromatic N) is 3. The minimum Gasteiger partial charge on any atom is -0.401 e. The van der Waals surface area contributed by atoms with Crippen LogP contribution in [0.15, 0.2) is 28.7 Å². The Labute approximate surface area is 160 Å². The van der Waals surface area contributed by atoms with Crippen LogP contribution in [0.2, 0.25) is 0 Å². The van der Waals surface area contributed by atoms with Crippen LogP contribution in [0.3, 0.4) is 0 Å². The molecule has 0 aliphatic carbocycles. The molecule has 2 aliphatic heterocycles. The van der Waals surface area contributed by atoms with Crippen molar-refractivity contribution in [2.45, 2.75) is 31.2 Å². The number of carbonyl (C=O) groups excluding carboxylic acids is 1. The maximum atomic E-state index is 13.8. The second-order valence-electron chi connectivity index (χ2n) is 6.86. The SMILES string of the molecule is O=CN1CCC(c2nc(C3=NOC(Bc4c(F)cccc4F)C3)cs2)CC1. The highest BCUT2D eigenvalue weighted by Crippen LogP contribution is 2.30. The lowest BCUT2D eigenvalue weighted by molar-refractivity contribution is -0.119. The minimum atomic E-state index is -0.565. The number of amides is 1. The Balaban J connectivity index is 1.38. The van der Waals surface area contributed by atoms with Crippen molar-refractivity contribution in [3.63, 3.8) is 0 Å². The van der Waals surface area contributed by atoms with E-state index in [2.05, 4.69) is 5.16 Å². The summed E-state index contributed by atoms with van der Waals surface area (Å²) in [5, 5.41) is 7.09. The van der Waals surface area contributed by atoms with E-state index in [4.69, 9.17) is 9.82 Å². The lowest BCUT2D eigenvalue weighted by Gasteiger charge is -2.27. The van der Waals surface area contributed by atoms with E-state index in [0.29, 0.717) is 18.1 Å². The van der Waals surface area contributed by atoms with Gasteiger partial charge in [0, 0.05) is 30.8 Å². The first-order valence-corrected chi connectivity index (χ1v) is 9.82. The number of halogens is 2. The standard InChI is InChI=1S/C18H18BF2N3O2S/c20-12-2-1-3-13(21)17(12)19-16-8-14(23-26-16)15-9-27-18(22-15)11-4-6-24(10-25)7-5-11/h1-3,9-11,16,19H,4-8H2. The third-order valence-corrected chi connectivity index (χ3v) is 6.08. The Morgan fingerprint density at radius 1 is 1.26 bits per heavy atom. The van der Waals surface area contributed by atoms with Crippen LogP contribution in [0.4, 0.5) is 8.78 Å². The molecule has 1 saturated heterocycles. The van der Waals surface area contributed by atoms with Crippen LogP contribution in [-0.4, -0.2) is 48.4 Å². The smallest absolute Gasteiger partial charge is 0.219 e. The average Bonchev–Trinajstić information content (AvgIpc) is 3.34. The van der Waals surface area contributed by atoms with Crippen molar-refractivity contribution < 1.29 is 18.4 Å². The number of aromatic nitrogens is 1. The van der Waals surface area contributed by atoms with Crippen LogP contribution in [-0.2, 0) is 9.63 Å². The zero-order valence-electron chi connectivity index (χ0n) is 14.6. The molecule has 2 aliphatic rings. The fourth-order valence-electron chi connectivity index (χ4n) is 3.50. The zero-order valence-corrected chi connectivity index (χ0v) is 15.4. The van der Waals surface area contributed by atoms with Gasteiger partial charge in [0.05, 0.1) is 10.7 Å². The molecule has 2 aromatic rings. The molecule has 1 aromatic heterocycles. The number of hydrogen-bond acceptors (Lipinski definition) is 5. The summed E-state index contributed by atoms with van der Waals surface area (Å²) in [7, 11) is 0.132. The summed E-state index contributed by atoms with van der Waals surface area (Å²) in [5.41, 5.74) is 1.51. The molecule has 0 N–H and O–H groups in total. The highest BCUT2D eigenvalue weighted by Gasteiger charge is 2.29. The lowest BCUT2D eigenvalue weighted by atomic mass is 9.63. The van der Waals surface area contributed by atoms with Gasteiger partial charge in [-0.1, -0.05) is 11.2 Å². The number of hydrogen-bond donors (Lipinski definition) is 0. The molecule has 1 aromatic carbocycles. The van der Waals surface area contributed by atoms with E-state index in [1.165, 1.54) is 18.2 Å². The minimum absolute atomic E-state index is 0.0276. The Kier molecular flexibility index (Phi) is 5.20. The molecule has 9 heteroatoms. The van der Waals surface area contributed by atoms with Gasteiger partial charge >= 0.3 is 0 Å². The van der Waals surface area contributed by atoms with Crippen molar-refractivity contribution >= 4 is 36.2 Å². The van der Waals surface area contributed by atoms with E-state index in [-0.39, 0.29) is 12.7 Å². The predicted molar refractivity (Wildman–Crippen MR) is 101 cm³/mol. The van der Waals surface area contributed by atoms with E-state index in [1.54, 1.807) is 16.2 Å². The summed E-state index contributed by atoms with van der Waals surface area (Å²) in [6.45, 7) is 1.51. The fraction of sp³-hybridized carbons (Fsp3) is 0.389. The molecule has 27 heavy (non-hydrogen) atoms. The number of oxime groups is 1. The molecule has 0 radical (unpaired) electrons. The van der Waals surface area contributed by atoms with Gasteiger partial charge in [-0.3, -0.25) is 4.79 Å². The first-order valence-electron chi connectivity index (χ1n) is 8.94. The van der Waals surface area contributed by atoms with E-state index < -0.39 is 17.6 Å². The largest absolute Gasteiger partial charge is 0.401 e. The Morgan fingerprint density at radius 2 is 2.00 bits per heavy atom. The van der Waals surface area contributed by atoms with Gasteiger partial charge in [-0.25, -0.2) is 13.8 Å². The summed E-state index contributed by atoms with van der Waals surface area (Å²) in [5.74, 6) is -0.777. The number of benzene rings is 1. The quantitative estimate of drug-likeness (QED) is 0.581. The van der Waals surface area contributed by atoms with Crippen molar-refractivity contribution in [1.82, 2.24) is 9.88 Å². The van der Waals surface area contributed by atoms with Gasteiger partial charge in [0.15, 0.2) is 0 Å². The van der Waals surface area contributed by atoms with Crippen molar-refractivity contribution in [1.29, 1.82) is 0 Å². The molecule has 1 unspecified atom stereocenters. The topological polar surface area (TPSA) is 54.8 Å². The summed E-state index contributed by atoms with van der Waals surface area (Å²) in [6, 6.07) is 3.45. The third-order valence-electron chi connectivity index (χ3n) is 5.07. The first kappa shape index (κ1) is 18.1. The number of carbonyl (C=O) groups is 1. The highest BCUT2D eigenvalue weighted by atomic mass is 32.1. The molecule has 140 valence electrons. The first-order chi connectivity index (χ1) is 13.1. The molecular formula is C18H18BF2N3O2S. The number of piperidine rings is 1. The van der Waals surface area contributed by atoms with Gasteiger partial charge in [-0.2, -0.15) is 0 Å². The number of likely N-dealkylation sites (tertiary alicyclic amines) is 1. The molecule has 5 nitrogen and oxygen atoms in total. The summed E-state index contributed by atoms with van der Waals surface area (Å²) < 4.78 is 27.6. The fourth-order valence-corrected chi connectivity index (χ4v) is 4.50. The van der Waals surface area contributed by atoms with Gasteiger partial charge in [0.25, 0.3) is 0 Å². The molecule has 4 rings (SSSR count). The van der Waals surface area contributed by atoms with Crippen molar-refractivity contribution in [2.75, 3.05) is 13.1 Å². The van der Waals surface area contributed by atoms with Crippen LogP contribution < -0.4 is 5.46 Å². The normalized spacial score (nSPS) is 20.3. The second-order valence-corrected chi connectivity index (χ2v) is 7.75. The van der Waals surface area contributed by atoms with Gasteiger partial charge in [0.1, 0.15) is 23.3 Å². The second kappa shape index (κ2) is 7.76. The maximum Gasteiger partial charge on any atom is 0.219 e. The molecule has 1 atom stereocenters. The predicted octanol–water partition coefficient (Wildman–Crippen LogP) is 1.97. The Bertz CT molecular complexity index is 848. The molecule has 1 amide bonds. The highest BCUT2D eigenvalue weighted by molar-refractivity contribution is 7.10. The van der Waals surface area contributed by atoms with Crippen LogP contribution in [0.25, 0.3) is 0 Å². The Morgan fingerprint density at radius 3 is 2.70 bits per heavy atom. The summed E-state index contributed by atoms with van der Waals surface area (Å²) in [6.07, 6.45) is 3.18. The van der Waals surface area contributed by atoms with Crippen LogP contribution in [0.5, 0.6) is 0 Å². The number of thiazole rings is 1. The van der Waals surface area contributed by atoms with E-state index in [1.807, 2.05) is 5.38 Å². The third kappa shape index (κ3) is 3.88. The van der Waals surface area contributed by atoms with E-state index in [9.17, 15) is 13.6 Å². The lowest BCUT2D eigenvalue weighted by Crippen LogP contribution is -2.33. The summed E-state index contributed by atoms with van der Waals surface area (Å²) >= 11 is 1.59. The monoisotopic (exact) mass is 389 g/mol. The molecular weight excluding hydrogens is 371 g/mol. The van der Waals surface area contributed by atoms with Crippen molar-refractivity contribution in [2.24, 2.45) is 5.16 Å². The molecule has 0 spiro atoms. The van der Waals surface area contributed by atoms with Crippen molar-refractivity contribution in [3.05, 3.63) is 45.9 Å². The van der Waals surface area contributed by atoms with Crippen LogP contribution in [0.1, 0.15) is 35.9 Å². The molecule has 0 bridgehead atoms. The Hall–Kier alpha value is -2.29. The van der Waals surface area contributed by atoms with Crippen LogP contribution >= 0.6 is 11.3 Å². The van der Waals surface area contributed by atoms with E-state index in [0.717, 1.165) is 43.0 Å². The van der Waals surface area contributed by atoms with Gasteiger partial charge in [-0.05, 0) is 30.4 Å². The zero-order chi connectivity index (χ0) is 18.8. The van der Waals surface area contributed by atoms with Gasteiger partial charge < -0.3 is 9.74 Å². The molecule has 0 saturated carbocycles. The average molecular weight is 389 g/mol. The van der Waals surface area contributed by atoms with Gasteiger partial charge in [0.2, 0.25) is 13.7 Å². The molecule has 3 heterocycles.